The number of hydrogen-bond acceptors (Lipinski definition) is 6. The first-order valence-corrected chi connectivity index (χ1v) is 9.65. The molecule has 1 rings (SSSR count). The van der Waals surface area contributed by atoms with E-state index in [1.165, 1.54) is 41.5 Å². The van der Waals surface area contributed by atoms with Crippen LogP contribution < -0.4 is 31.9 Å². The molecule has 0 spiro atoms. The monoisotopic (exact) mass is 426 g/mol. The summed E-state index contributed by atoms with van der Waals surface area (Å²) in [5.74, 6) is -3.68. The Morgan fingerprint density at radius 3 is 0.533 bits per heavy atom. The maximum absolute atomic E-state index is 12.2. The topological polar surface area (TPSA) is 175 Å². The van der Waals surface area contributed by atoms with E-state index in [1.54, 1.807) is 0 Å². The molecule has 1 aliphatic rings. The highest BCUT2D eigenvalue weighted by Crippen LogP contribution is 1.95. The van der Waals surface area contributed by atoms with Gasteiger partial charge in [0.05, 0.1) is 0 Å². The van der Waals surface area contributed by atoms with Gasteiger partial charge in [0.25, 0.3) is 0 Å². The molecule has 0 unspecified atom stereocenters. The lowest BCUT2D eigenvalue weighted by Crippen LogP contribution is -2.59. The predicted molar refractivity (Wildman–Crippen MR) is 106 cm³/mol. The number of carbonyl (C=O) groups excluding carboxylic acids is 6. The van der Waals surface area contributed by atoms with E-state index in [0.29, 0.717) is 0 Å². The minimum absolute atomic E-state index is 0.614. The van der Waals surface area contributed by atoms with Gasteiger partial charge in [0.15, 0.2) is 0 Å². The van der Waals surface area contributed by atoms with E-state index in [-0.39, 0.29) is 0 Å². The molecule has 0 aromatic rings. The van der Waals surface area contributed by atoms with E-state index < -0.39 is 71.7 Å². The summed E-state index contributed by atoms with van der Waals surface area (Å²) in [6.45, 7) is 8.53. The first kappa shape index (κ1) is 24.9. The van der Waals surface area contributed by atoms with Crippen molar-refractivity contribution in [3.8, 4) is 0 Å². The SMILES string of the molecule is C[C@@H]1NC(=O)[C@@H](C)NC(=O)[C@H](C)NC(=O)[C@@H](C)NC(=O)[C@H](C)NC(=O)[C@@H](C)NC1=O. The molecule has 12 nitrogen and oxygen atoms in total. The Labute approximate surface area is 174 Å². The summed E-state index contributed by atoms with van der Waals surface area (Å²) in [6.07, 6.45) is 0. The molecule has 6 atom stereocenters. The summed E-state index contributed by atoms with van der Waals surface area (Å²) in [5, 5.41) is 14.6. The van der Waals surface area contributed by atoms with Crippen LogP contribution in [0.3, 0.4) is 0 Å². The number of nitrogens with one attached hydrogen (secondary N) is 6. The van der Waals surface area contributed by atoms with Gasteiger partial charge in [-0.05, 0) is 41.5 Å². The molecular formula is C18H30N6O6. The molecule has 0 aliphatic carbocycles. The Morgan fingerprint density at radius 1 is 0.333 bits per heavy atom. The highest BCUT2D eigenvalue weighted by atomic mass is 16.2. The average molecular weight is 426 g/mol. The minimum Gasteiger partial charge on any atom is -0.343 e. The van der Waals surface area contributed by atoms with Crippen molar-refractivity contribution < 1.29 is 28.8 Å². The van der Waals surface area contributed by atoms with E-state index in [1.807, 2.05) is 0 Å². The molecule has 6 N–H and O–H groups in total. The second kappa shape index (κ2) is 10.6. The molecule has 30 heavy (non-hydrogen) atoms. The van der Waals surface area contributed by atoms with Crippen LogP contribution in [0.2, 0.25) is 0 Å². The van der Waals surface area contributed by atoms with Gasteiger partial charge in [-0.25, -0.2) is 0 Å². The van der Waals surface area contributed by atoms with Gasteiger partial charge < -0.3 is 31.9 Å². The van der Waals surface area contributed by atoms with Crippen LogP contribution >= 0.6 is 0 Å². The third-order valence-corrected chi connectivity index (χ3v) is 4.51. The van der Waals surface area contributed by atoms with Gasteiger partial charge >= 0.3 is 0 Å². The van der Waals surface area contributed by atoms with Crippen molar-refractivity contribution in [3.05, 3.63) is 0 Å². The molecule has 0 aromatic heterocycles. The fraction of sp³-hybridized carbons (Fsp3) is 0.667. The minimum atomic E-state index is -0.982. The van der Waals surface area contributed by atoms with Crippen molar-refractivity contribution in [1.29, 1.82) is 0 Å². The van der Waals surface area contributed by atoms with Crippen molar-refractivity contribution in [2.24, 2.45) is 0 Å². The van der Waals surface area contributed by atoms with Crippen molar-refractivity contribution in [3.63, 3.8) is 0 Å². The lowest BCUT2D eigenvalue weighted by atomic mass is 10.2. The number of amides is 6. The zero-order valence-electron chi connectivity index (χ0n) is 17.9. The van der Waals surface area contributed by atoms with E-state index in [9.17, 15) is 28.8 Å². The van der Waals surface area contributed by atoms with Crippen LogP contribution in [0, 0.1) is 0 Å². The molecule has 1 aliphatic heterocycles. The maximum Gasteiger partial charge on any atom is 0.242 e. The lowest BCUT2D eigenvalue weighted by Gasteiger charge is -2.24. The smallest absolute Gasteiger partial charge is 0.242 e. The normalized spacial score (nSPS) is 33.0. The number of hydrogen-bond donors (Lipinski definition) is 6. The third kappa shape index (κ3) is 7.01. The fourth-order valence-electron chi connectivity index (χ4n) is 2.42. The van der Waals surface area contributed by atoms with Crippen molar-refractivity contribution in [2.45, 2.75) is 77.8 Å². The maximum atomic E-state index is 12.2. The molecule has 0 saturated carbocycles. The first-order valence-electron chi connectivity index (χ1n) is 9.65. The summed E-state index contributed by atoms with van der Waals surface area (Å²) >= 11 is 0. The molecule has 168 valence electrons. The fourth-order valence-corrected chi connectivity index (χ4v) is 2.42. The van der Waals surface area contributed by atoms with Crippen LogP contribution in [0.5, 0.6) is 0 Å². The van der Waals surface area contributed by atoms with Gasteiger partial charge in [-0.15, -0.1) is 0 Å². The molecule has 1 fully saturated rings. The summed E-state index contributed by atoms with van der Waals surface area (Å²) < 4.78 is 0. The molecule has 1 heterocycles. The molecule has 0 radical (unpaired) electrons. The van der Waals surface area contributed by atoms with Gasteiger partial charge in [-0.1, -0.05) is 0 Å². The Kier molecular flexibility index (Phi) is 8.75. The number of rotatable bonds is 0. The molecule has 0 aromatic carbocycles. The summed E-state index contributed by atoms with van der Waals surface area (Å²) in [4.78, 5) is 73.4. The molecule has 0 bridgehead atoms. The second-order valence-electron chi connectivity index (χ2n) is 7.38. The van der Waals surface area contributed by atoms with Gasteiger partial charge in [0, 0.05) is 0 Å². The van der Waals surface area contributed by atoms with Crippen LogP contribution in [-0.2, 0) is 28.8 Å². The van der Waals surface area contributed by atoms with Gasteiger partial charge in [0.2, 0.25) is 35.4 Å². The van der Waals surface area contributed by atoms with Crippen LogP contribution in [-0.4, -0.2) is 71.7 Å². The van der Waals surface area contributed by atoms with Gasteiger partial charge in [-0.2, -0.15) is 0 Å². The Bertz CT molecular complexity index is 571. The average Bonchev–Trinajstić information content (AvgIpc) is 2.66. The Balaban J connectivity index is 3.04. The van der Waals surface area contributed by atoms with E-state index in [4.69, 9.17) is 0 Å². The summed E-state index contributed by atoms with van der Waals surface area (Å²) in [7, 11) is 0. The van der Waals surface area contributed by atoms with Crippen LogP contribution in [0.15, 0.2) is 0 Å². The molecule has 6 amide bonds. The lowest BCUT2D eigenvalue weighted by molar-refractivity contribution is -0.135. The highest BCUT2D eigenvalue weighted by molar-refractivity contribution is 5.97. The van der Waals surface area contributed by atoms with Gasteiger partial charge in [0.1, 0.15) is 36.3 Å². The predicted octanol–water partition coefficient (Wildman–Crippen LogP) is -2.97. The van der Waals surface area contributed by atoms with Crippen molar-refractivity contribution in [2.75, 3.05) is 0 Å². The zero-order valence-corrected chi connectivity index (χ0v) is 17.9. The molecular weight excluding hydrogens is 396 g/mol. The first-order chi connectivity index (χ1) is 13.8. The second-order valence-corrected chi connectivity index (χ2v) is 7.38. The highest BCUT2D eigenvalue weighted by Gasteiger charge is 2.28. The van der Waals surface area contributed by atoms with Gasteiger partial charge in [-0.3, -0.25) is 28.8 Å². The molecule has 12 heteroatoms. The third-order valence-electron chi connectivity index (χ3n) is 4.51. The number of carbonyl (C=O) groups is 6. The largest absolute Gasteiger partial charge is 0.343 e. The quantitative estimate of drug-likeness (QED) is 0.241. The Morgan fingerprint density at radius 2 is 0.433 bits per heavy atom. The standard InChI is InChI=1S/C18H30N6O6/c1-7-13(25)20-9(3)15(27)22-11(5)17(29)24-12(6)18(30)23-10(4)16(28)21-8(2)14(26)19-7/h7-12H,1-6H3,(H,19,26)(H,20,25)(H,21,28)(H,22,27)(H,23,30)(H,24,29)/t7-,8+,9+,10-,11-,12+. The van der Waals surface area contributed by atoms with Crippen molar-refractivity contribution in [1.82, 2.24) is 31.9 Å². The van der Waals surface area contributed by atoms with Crippen LogP contribution in [0.4, 0.5) is 0 Å². The Hall–Kier alpha value is -3.18. The summed E-state index contributed by atoms with van der Waals surface area (Å²) in [5.41, 5.74) is 0. The zero-order chi connectivity index (χ0) is 23.2. The van der Waals surface area contributed by atoms with E-state index in [0.717, 1.165) is 0 Å². The molecule has 1 saturated heterocycles. The van der Waals surface area contributed by atoms with Crippen LogP contribution in [0.1, 0.15) is 41.5 Å². The summed E-state index contributed by atoms with van der Waals surface area (Å²) in [6, 6.07) is -5.89. The van der Waals surface area contributed by atoms with Crippen LogP contribution in [0.25, 0.3) is 0 Å². The van der Waals surface area contributed by atoms with E-state index >= 15 is 0 Å². The van der Waals surface area contributed by atoms with E-state index in [2.05, 4.69) is 31.9 Å². The van der Waals surface area contributed by atoms with Crippen molar-refractivity contribution >= 4 is 35.4 Å².